The lowest BCUT2D eigenvalue weighted by Crippen LogP contribution is -2.38. The third-order valence-electron chi connectivity index (χ3n) is 5.61. The van der Waals surface area contributed by atoms with E-state index in [1.807, 2.05) is 24.3 Å². The molecule has 2 amide bonds. The van der Waals surface area contributed by atoms with Gasteiger partial charge in [0.25, 0.3) is 11.8 Å². The number of carbonyl (C=O) groups is 2. The molecule has 2 aliphatic rings. The minimum atomic E-state index is -0.158. The number of methoxy groups -OCH3 is 1. The van der Waals surface area contributed by atoms with E-state index in [1.54, 1.807) is 7.11 Å². The van der Waals surface area contributed by atoms with Crippen LogP contribution in [0, 0.1) is 5.92 Å². The number of benzene rings is 1. The Labute approximate surface area is 162 Å². The predicted molar refractivity (Wildman–Crippen MR) is 106 cm³/mol. The Balaban J connectivity index is 1.95. The number of rotatable bonds is 7. The van der Waals surface area contributed by atoms with Crippen molar-refractivity contribution in [2.75, 3.05) is 26.7 Å². The average Bonchev–Trinajstić information content (AvgIpc) is 2.93. The zero-order valence-corrected chi connectivity index (χ0v) is 16.7. The number of imide groups is 1. The van der Waals surface area contributed by atoms with Gasteiger partial charge in [-0.25, -0.2) is 0 Å². The van der Waals surface area contributed by atoms with Crippen molar-refractivity contribution >= 4 is 17.4 Å². The molecule has 0 aliphatic carbocycles. The van der Waals surface area contributed by atoms with Gasteiger partial charge in [0.1, 0.15) is 11.4 Å². The molecular weight excluding hydrogens is 340 g/mol. The summed E-state index contributed by atoms with van der Waals surface area (Å²) in [5, 5.41) is 0. The fraction of sp³-hybridized carbons (Fsp3) is 0.545. The van der Waals surface area contributed by atoms with Crippen molar-refractivity contribution in [2.24, 2.45) is 5.92 Å². The quantitative estimate of drug-likeness (QED) is 0.542. The highest BCUT2D eigenvalue weighted by Gasteiger charge is 2.41. The molecule has 2 aliphatic heterocycles. The third-order valence-corrected chi connectivity index (χ3v) is 5.61. The smallest absolute Gasteiger partial charge is 0.277 e. The van der Waals surface area contributed by atoms with Gasteiger partial charge in [0, 0.05) is 19.6 Å². The Bertz CT molecular complexity index is 716. The maximum absolute atomic E-state index is 13.2. The summed E-state index contributed by atoms with van der Waals surface area (Å²) >= 11 is 0. The van der Waals surface area contributed by atoms with Crippen molar-refractivity contribution < 1.29 is 14.3 Å². The van der Waals surface area contributed by atoms with E-state index in [4.69, 9.17) is 4.74 Å². The largest absolute Gasteiger partial charge is 0.497 e. The Hall–Kier alpha value is -2.30. The first-order chi connectivity index (χ1) is 13.1. The number of likely N-dealkylation sites (tertiary alicyclic amines) is 1. The van der Waals surface area contributed by atoms with Crippen molar-refractivity contribution in [3.63, 3.8) is 0 Å². The van der Waals surface area contributed by atoms with Crippen LogP contribution in [0.4, 0.5) is 0 Å². The van der Waals surface area contributed by atoms with Crippen LogP contribution in [0.15, 0.2) is 30.0 Å². The van der Waals surface area contributed by atoms with Crippen molar-refractivity contribution in [3.8, 4) is 5.75 Å². The lowest BCUT2D eigenvalue weighted by molar-refractivity contribution is -0.137. The highest BCUT2D eigenvalue weighted by molar-refractivity contribution is 6.35. The molecule has 5 nitrogen and oxygen atoms in total. The number of ether oxygens (including phenoxy) is 1. The van der Waals surface area contributed by atoms with E-state index in [0.717, 1.165) is 56.5 Å². The third kappa shape index (κ3) is 4.02. The van der Waals surface area contributed by atoms with Gasteiger partial charge in [-0.05, 0) is 42.9 Å². The Morgan fingerprint density at radius 3 is 2.30 bits per heavy atom. The highest BCUT2D eigenvalue weighted by Crippen LogP contribution is 2.34. The van der Waals surface area contributed by atoms with Crippen LogP contribution in [0.5, 0.6) is 5.75 Å². The van der Waals surface area contributed by atoms with E-state index in [9.17, 15) is 9.59 Å². The number of nitrogens with zero attached hydrogens (tertiary/aromatic N) is 2. The standard InChI is InChI=1S/C22H30N2O3/c1-4-5-6-13-24-21(25)19(17-7-9-18(27-3)10-8-17)20(22(24)26)23-14-11-16(2)12-15-23/h7-10,16H,4-6,11-15H2,1-3H3. The molecule has 0 spiro atoms. The predicted octanol–water partition coefficient (Wildman–Crippen LogP) is 3.70. The fourth-order valence-electron chi connectivity index (χ4n) is 3.83. The number of amides is 2. The molecule has 0 N–H and O–H groups in total. The van der Waals surface area contributed by atoms with E-state index >= 15 is 0 Å². The van der Waals surface area contributed by atoms with Gasteiger partial charge < -0.3 is 9.64 Å². The molecule has 3 rings (SSSR count). The fourth-order valence-corrected chi connectivity index (χ4v) is 3.83. The van der Waals surface area contributed by atoms with Gasteiger partial charge in [-0.1, -0.05) is 38.8 Å². The summed E-state index contributed by atoms with van der Waals surface area (Å²) in [5.74, 6) is 1.12. The second-order valence-electron chi connectivity index (χ2n) is 7.59. The topological polar surface area (TPSA) is 49.9 Å². The summed E-state index contributed by atoms with van der Waals surface area (Å²) in [4.78, 5) is 29.9. The monoisotopic (exact) mass is 370 g/mol. The molecule has 0 radical (unpaired) electrons. The van der Waals surface area contributed by atoms with Gasteiger partial charge in [-0.2, -0.15) is 0 Å². The molecule has 146 valence electrons. The Morgan fingerprint density at radius 2 is 1.70 bits per heavy atom. The van der Waals surface area contributed by atoms with Gasteiger partial charge in [-0.3, -0.25) is 14.5 Å². The van der Waals surface area contributed by atoms with Gasteiger partial charge >= 0.3 is 0 Å². The van der Waals surface area contributed by atoms with E-state index in [1.165, 1.54) is 4.90 Å². The lowest BCUT2D eigenvalue weighted by Gasteiger charge is -2.32. The highest BCUT2D eigenvalue weighted by atomic mass is 16.5. The normalized spacial score (nSPS) is 18.6. The summed E-state index contributed by atoms with van der Waals surface area (Å²) in [5.41, 5.74) is 1.93. The molecule has 0 atom stereocenters. The molecule has 0 unspecified atom stereocenters. The minimum absolute atomic E-state index is 0.128. The molecule has 0 saturated carbocycles. The van der Waals surface area contributed by atoms with Crippen LogP contribution in [-0.2, 0) is 9.59 Å². The van der Waals surface area contributed by atoms with Crippen LogP contribution in [-0.4, -0.2) is 48.4 Å². The molecule has 1 saturated heterocycles. The average molecular weight is 370 g/mol. The first-order valence-electron chi connectivity index (χ1n) is 10.1. The van der Waals surface area contributed by atoms with Gasteiger partial charge in [-0.15, -0.1) is 0 Å². The maximum atomic E-state index is 13.2. The molecule has 2 heterocycles. The lowest BCUT2D eigenvalue weighted by atomic mass is 9.97. The van der Waals surface area contributed by atoms with Gasteiger partial charge in [0.15, 0.2) is 0 Å². The SMILES string of the molecule is CCCCCN1C(=O)C(c2ccc(OC)cc2)=C(N2CCC(C)CC2)C1=O. The zero-order chi connectivity index (χ0) is 19.4. The first kappa shape index (κ1) is 19.5. The van der Waals surface area contributed by atoms with Crippen molar-refractivity contribution in [3.05, 3.63) is 35.5 Å². The van der Waals surface area contributed by atoms with Crippen LogP contribution in [0.25, 0.3) is 5.57 Å². The second-order valence-corrected chi connectivity index (χ2v) is 7.59. The number of hydrogen-bond acceptors (Lipinski definition) is 4. The second kappa shape index (κ2) is 8.59. The summed E-state index contributed by atoms with van der Waals surface area (Å²) in [7, 11) is 1.62. The Morgan fingerprint density at radius 1 is 1.04 bits per heavy atom. The van der Waals surface area contributed by atoms with E-state index in [2.05, 4.69) is 18.7 Å². The van der Waals surface area contributed by atoms with E-state index < -0.39 is 0 Å². The number of carbonyl (C=O) groups excluding carboxylic acids is 2. The van der Waals surface area contributed by atoms with Crippen LogP contribution in [0.3, 0.4) is 0 Å². The molecule has 1 aromatic carbocycles. The summed E-state index contributed by atoms with van der Waals surface area (Å²) in [6.07, 6.45) is 5.04. The number of piperidine rings is 1. The van der Waals surface area contributed by atoms with Gasteiger partial charge in [0.2, 0.25) is 0 Å². The summed E-state index contributed by atoms with van der Waals surface area (Å²) in [6.45, 7) is 6.53. The van der Waals surface area contributed by atoms with Crippen molar-refractivity contribution in [2.45, 2.75) is 46.0 Å². The van der Waals surface area contributed by atoms with Crippen molar-refractivity contribution in [1.82, 2.24) is 9.80 Å². The molecule has 0 aromatic heterocycles. The molecule has 27 heavy (non-hydrogen) atoms. The first-order valence-corrected chi connectivity index (χ1v) is 10.1. The Kier molecular flexibility index (Phi) is 6.19. The van der Waals surface area contributed by atoms with E-state index in [-0.39, 0.29) is 11.8 Å². The molecule has 5 heteroatoms. The van der Waals surface area contributed by atoms with Crippen LogP contribution < -0.4 is 4.74 Å². The zero-order valence-electron chi connectivity index (χ0n) is 16.7. The number of unbranched alkanes of at least 4 members (excludes halogenated alkanes) is 2. The number of hydrogen-bond donors (Lipinski definition) is 0. The van der Waals surface area contributed by atoms with Gasteiger partial charge in [0.05, 0.1) is 12.7 Å². The summed E-state index contributed by atoms with van der Waals surface area (Å²) in [6, 6.07) is 7.44. The maximum Gasteiger partial charge on any atom is 0.277 e. The minimum Gasteiger partial charge on any atom is -0.497 e. The van der Waals surface area contributed by atoms with E-state index in [0.29, 0.717) is 23.7 Å². The van der Waals surface area contributed by atoms with Crippen LogP contribution in [0.2, 0.25) is 0 Å². The van der Waals surface area contributed by atoms with Crippen LogP contribution >= 0.6 is 0 Å². The van der Waals surface area contributed by atoms with Crippen LogP contribution in [0.1, 0.15) is 51.5 Å². The van der Waals surface area contributed by atoms with Crippen molar-refractivity contribution in [1.29, 1.82) is 0 Å². The molecular formula is C22H30N2O3. The molecule has 1 fully saturated rings. The molecule has 0 bridgehead atoms. The summed E-state index contributed by atoms with van der Waals surface area (Å²) < 4.78 is 5.23. The molecule has 1 aromatic rings.